The number of benzene rings is 1. The molecule has 2 rings (SSSR count). The van der Waals surface area contributed by atoms with Gasteiger partial charge in [0.05, 0.1) is 0 Å². The van der Waals surface area contributed by atoms with Crippen molar-refractivity contribution < 1.29 is 9.53 Å². The van der Waals surface area contributed by atoms with Crippen molar-refractivity contribution in [3.63, 3.8) is 0 Å². The molecule has 0 saturated heterocycles. The molecule has 24 heavy (non-hydrogen) atoms. The van der Waals surface area contributed by atoms with Crippen LogP contribution >= 0.6 is 11.6 Å². The molecular formula is C16H22ClN5O2. The monoisotopic (exact) mass is 351 g/mol. The van der Waals surface area contributed by atoms with E-state index in [2.05, 4.69) is 27.8 Å². The molecule has 7 nitrogen and oxygen atoms in total. The van der Waals surface area contributed by atoms with Crippen LogP contribution in [0, 0.1) is 0 Å². The van der Waals surface area contributed by atoms with Gasteiger partial charge in [-0.15, -0.1) is 5.10 Å². The zero-order chi connectivity index (χ0) is 17.2. The number of aromatic nitrogens is 4. The van der Waals surface area contributed by atoms with Crippen LogP contribution in [0.2, 0.25) is 5.02 Å². The van der Waals surface area contributed by atoms with Crippen LogP contribution in [0.1, 0.15) is 38.4 Å². The van der Waals surface area contributed by atoms with E-state index in [1.54, 1.807) is 24.3 Å². The number of tetrazole rings is 1. The minimum atomic E-state index is -0.105. The zero-order valence-corrected chi connectivity index (χ0v) is 14.5. The van der Waals surface area contributed by atoms with Crippen molar-refractivity contribution in [2.45, 2.75) is 45.8 Å². The molecule has 0 aliphatic heterocycles. The number of carbonyl (C=O) groups excluding carboxylic acids is 1. The molecule has 1 aromatic carbocycles. The van der Waals surface area contributed by atoms with Crippen LogP contribution in [0.25, 0.3) is 0 Å². The highest BCUT2D eigenvalue weighted by molar-refractivity contribution is 6.30. The van der Waals surface area contributed by atoms with Gasteiger partial charge in [-0.2, -0.15) is 0 Å². The lowest BCUT2D eigenvalue weighted by Crippen LogP contribution is -2.29. The normalized spacial score (nSPS) is 10.6. The maximum atomic E-state index is 11.9. The lowest BCUT2D eigenvalue weighted by molar-refractivity contribution is -0.121. The maximum Gasteiger partial charge on any atom is 0.241 e. The van der Waals surface area contributed by atoms with Crippen LogP contribution in [-0.2, 0) is 17.9 Å². The third kappa shape index (κ3) is 6.16. The first-order valence-corrected chi connectivity index (χ1v) is 8.47. The molecular weight excluding hydrogens is 330 g/mol. The molecule has 1 aromatic heterocycles. The van der Waals surface area contributed by atoms with Gasteiger partial charge < -0.3 is 10.1 Å². The summed E-state index contributed by atoms with van der Waals surface area (Å²) in [5, 5.41) is 14.8. The van der Waals surface area contributed by atoms with Crippen molar-refractivity contribution in [2.75, 3.05) is 6.54 Å². The van der Waals surface area contributed by atoms with Gasteiger partial charge in [-0.3, -0.25) is 4.79 Å². The van der Waals surface area contributed by atoms with Gasteiger partial charge in [-0.25, -0.2) is 4.68 Å². The Bertz CT molecular complexity index is 630. The summed E-state index contributed by atoms with van der Waals surface area (Å²) in [5.74, 6) is 1.05. The number of halogens is 1. The highest BCUT2D eigenvalue weighted by Crippen LogP contribution is 2.16. The van der Waals surface area contributed by atoms with Crippen LogP contribution in [-0.4, -0.2) is 32.7 Å². The zero-order valence-electron chi connectivity index (χ0n) is 13.7. The number of nitrogens with one attached hydrogen (secondary N) is 1. The van der Waals surface area contributed by atoms with Crippen LogP contribution in [0.3, 0.4) is 0 Å². The topological polar surface area (TPSA) is 81.9 Å². The van der Waals surface area contributed by atoms with Gasteiger partial charge in [-0.05, 0) is 41.1 Å². The standard InChI is InChI=1S/C16H22ClN5O2/c1-2-3-4-5-10-18-16(23)11-22-15(19-20-21-22)12-24-14-8-6-13(17)7-9-14/h6-9H,2-5,10-12H2,1H3,(H,18,23). The largest absolute Gasteiger partial charge is 0.486 e. The van der Waals surface area contributed by atoms with E-state index in [4.69, 9.17) is 16.3 Å². The van der Waals surface area contributed by atoms with Crippen LogP contribution < -0.4 is 10.1 Å². The number of amides is 1. The number of carbonyl (C=O) groups is 1. The first-order valence-electron chi connectivity index (χ1n) is 8.09. The molecule has 1 heterocycles. The van der Waals surface area contributed by atoms with Crippen LogP contribution in [0.5, 0.6) is 5.75 Å². The number of nitrogens with zero attached hydrogens (tertiary/aromatic N) is 4. The quantitative estimate of drug-likeness (QED) is 0.665. The molecule has 0 unspecified atom stereocenters. The predicted molar refractivity (Wildman–Crippen MR) is 90.8 cm³/mol. The molecule has 2 aromatic rings. The highest BCUT2D eigenvalue weighted by Gasteiger charge is 2.11. The lowest BCUT2D eigenvalue weighted by Gasteiger charge is -2.08. The van der Waals surface area contributed by atoms with E-state index in [-0.39, 0.29) is 19.1 Å². The second-order valence-electron chi connectivity index (χ2n) is 5.41. The third-order valence-electron chi connectivity index (χ3n) is 3.43. The van der Waals surface area contributed by atoms with Crippen molar-refractivity contribution >= 4 is 17.5 Å². The molecule has 0 radical (unpaired) electrons. The van der Waals surface area contributed by atoms with E-state index in [9.17, 15) is 4.79 Å². The third-order valence-corrected chi connectivity index (χ3v) is 3.69. The smallest absolute Gasteiger partial charge is 0.241 e. The van der Waals surface area contributed by atoms with Crippen molar-refractivity contribution in [3.05, 3.63) is 35.1 Å². The fourth-order valence-corrected chi connectivity index (χ4v) is 2.23. The molecule has 0 fully saturated rings. The minimum absolute atomic E-state index is 0.0834. The van der Waals surface area contributed by atoms with Gasteiger partial charge >= 0.3 is 0 Å². The molecule has 0 saturated carbocycles. The Hall–Kier alpha value is -2.15. The first kappa shape index (κ1) is 18.2. The number of ether oxygens (including phenoxy) is 1. The lowest BCUT2D eigenvalue weighted by atomic mass is 10.2. The Labute approximate surface area is 146 Å². The van der Waals surface area contributed by atoms with E-state index < -0.39 is 0 Å². The summed E-state index contributed by atoms with van der Waals surface area (Å²) >= 11 is 5.83. The van der Waals surface area contributed by atoms with Crippen molar-refractivity contribution in [1.29, 1.82) is 0 Å². The molecule has 0 bridgehead atoms. The number of hydrogen-bond acceptors (Lipinski definition) is 5. The Morgan fingerprint density at radius 1 is 1.25 bits per heavy atom. The molecule has 1 amide bonds. The average molecular weight is 352 g/mol. The van der Waals surface area contributed by atoms with E-state index in [1.165, 1.54) is 17.5 Å². The Morgan fingerprint density at radius 3 is 2.79 bits per heavy atom. The van der Waals surface area contributed by atoms with Gasteiger partial charge in [-0.1, -0.05) is 37.8 Å². The van der Waals surface area contributed by atoms with E-state index in [0.717, 1.165) is 12.8 Å². The summed E-state index contributed by atoms with van der Waals surface area (Å²) in [6.45, 7) is 3.10. The Morgan fingerprint density at radius 2 is 2.04 bits per heavy atom. The second kappa shape index (κ2) is 9.87. The minimum Gasteiger partial charge on any atom is -0.486 e. The van der Waals surface area contributed by atoms with Crippen molar-refractivity contribution in [2.24, 2.45) is 0 Å². The maximum absolute atomic E-state index is 11.9. The van der Waals surface area contributed by atoms with Gasteiger partial charge in [0, 0.05) is 11.6 Å². The summed E-state index contributed by atoms with van der Waals surface area (Å²) in [6.07, 6.45) is 4.48. The molecule has 0 atom stereocenters. The number of rotatable bonds is 10. The van der Waals surface area contributed by atoms with Crippen LogP contribution in [0.4, 0.5) is 0 Å². The van der Waals surface area contributed by atoms with Crippen LogP contribution in [0.15, 0.2) is 24.3 Å². The fourth-order valence-electron chi connectivity index (χ4n) is 2.10. The second-order valence-corrected chi connectivity index (χ2v) is 5.84. The summed E-state index contributed by atoms with van der Waals surface area (Å²) in [5.41, 5.74) is 0. The Kier molecular flexibility index (Phi) is 7.48. The van der Waals surface area contributed by atoms with Gasteiger partial charge in [0.25, 0.3) is 0 Å². The molecule has 0 spiro atoms. The summed E-state index contributed by atoms with van der Waals surface area (Å²) in [4.78, 5) is 11.9. The van der Waals surface area contributed by atoms with E-state index in [0.29, 0.717) is 23.1 Å². The summed E-state index contributed by atoms with van der Waals surface area (Å²) in [7, 11) is 0. The molecule has 8 heteroatoms. The van der Waals surface area contributed by atoms with Crippen molar-refractivity contribution in [3.8, 4) is 5.75 Å². The van der Waals surface area contributed by atoms with Gasteiger partial charge in [0.2, 0.25) is 5.91 Å². The average Bonchev–Trinajstić information content (AvgIpc) is 3.01. The van der Waals surface area contributed by atoms with Gasteiger partial charge in [0.15, 0.2) is 5.82 Å². The van der Waals surface area contributed by atoms with Gasteiger partial charge in [0.1, 0.15) is 18.9 Å². The molecule has 1 N–H and O–H groups in total. The summed E-state index contributed by atoms with van der Waals surface area (Å²) < 4.78 is 7.04. The van der Waals surface area contributed by atoms with E-state index >= 15 is 0 Å². The van der Waals surface area contributed by atoms with E-state index in [1.807, 2.05) is 0 Å². The molecule has 0 aliphatic rings. The molecule has 130 valence electrons. The summed E-state index contributed by atoms with van der Waals surface area (Å²) in [6, 6.07) is 7.01. The highest BCUT2D eigenvalue weighted by atomic mass is 35.5. The van der Waals surface area contributed by atoms with Crippen molar-refractivity contribution in [1.82, 2.24) is 25.5 Å². The Balaban J connectivity index is 1.77. The molecule has 0 aliphatic carbocycles. The first-order chi connectivity index (χ1) is 11.7. The fraction of sp³-hybridized carbons (Fsp3) is 0.500. The SMILES string of the molecule is CCCCCCNC(=O)Cn1nnnc1COc1ccc(Cl)cc1. The number of hydrogen-bond donors (Lipinski definition) is 1. The predicted octanol–water partition coefficient (Wildman–Crippen LogP) is 2.60. The number of unbranched alkanes of at least 4 members (excludes halogenated alkanes) is 3.